The summed E-state index contributed by atoms with van der Waals surface area (Å²) < 4.78 is 47.3. The Hall–Kier alpha value is -2.95. The number of aromatic carboxylic acids is 1. The van der Waals surface area contributed by atoms with Crippen LogP contribution in [0.25, 0.3) is 21.1 Å². The molecule has 0 saturated carbocycles. The van der Waals surface area contributed by atoms with E-state index >= 15 is 0 Å². The molecular formula is C24H23Cl3F4N6O3S2. The number of carbonyl (C=O) groups excluding carboxylic acids is 1. The predicted molar refractivity (Wildman–Crippen MR) is 149 cm³/mol. The lowest BCUT2D eigenvalue weighted by atomic mass is 10.3. The molecule has 0 unspecified atom stereocenters. The van der Waals surface area contributed by atoms with Gasteiger partial charge in [0.1, 0.15) is 19.8 Å². The Morgan fingerprint density at radius 3 is 1.67 bits per heavy atom. The molecule has 0 aliphatic carbocycles. The topological polar surface area (TPSA) is 146 Å². The van der Waals surface area contributed by atoms with Crippen LogP contribution in [-0.4, -0.2) is 60.8 Å². The first-order valence-corrected chi connectivity index (χ1v) is 13.7. The Morgan fingerprint density at radius 2 is 1.33 bits per heavy atom. The van der Waals surface area contributed by atoms with Gasteiger partial charge < -0.3 is 28.6 Å². The first-order valence-electron chi connectivity index (χ1n) is 11.3. The second-order valence-corrected chi connectivity index (χ2v) is 10.9. The van der Waals surface area contributed by atoms with Gasteiger partial charge in [0.2, 0.25) is 0 Å². The third-order valence-corrected chi connectivity index (χ3v) is 7.27. The summed E-state index contributed by atoms with van der Waals surface area (Å²) in [5.41, 5.74) is 5.51. The number of thiazole rings is 2. The van der Waals surface area contributed by atoms with Crippen molar-refractivity contribution in [3.05, 3.63) is 70.2 Å². The van der Waals surface area contributed by atoms with Gasteiger partial charge in [-0.25, -0.2) is 14.8 Å². The number of pyridine rings is 2. The van der Waals surface area contributed by atoms with Crippen LogP contribution in [0.4, 0.5) is 17.6 Å². The zero-order chi connectivity index (χ0) is 30.8. The van der Waals surface area contributed by atoms with Gasteiger partial charge in [-0.2, -0.15) is 17.6 Å². The average Bonchev–Trinajstić information content (AvgIpc) is 3.51. The second kappa shape index (κ2) is 16.6. The molecule has 228 valence electrons. The fourth-order valence-electron chi connectivity index (χ4n) is 2.69. The minimum atomic E-state index is -3.46. The summed E-state index contributed by atoms with van der Waals surface area (Å²) in [6, 6.07) is 7.21. The van der Waals surface area contributed by atoms with E-state index in [0.717, 1.165) is 22.5 Å². The molecule has 0 aliphatic heterocycles. The van der Waals surface area contributed by atoms with E-state index in [1.54, 1.807) is 56.8 Å². The van der Waals surface area contributed by atoms with Gasteiger partial charge in [0.05, 0.1) is 17.9 Å². The molecule has 5 N–H and O–H groups in total. The van der Waals surface area contributed by atoms with Crippen molar-refractivity contribution in [2.45, 2.75) is 24.6 Å². The maximum absolute atomic E-state index is 12.5. The lowest BCUT2D eigenvalue weighted by Crippen LogP contribution is -3.00. The van der Waals surface area contributed by atoms with E-state index in [1.807, 2.05) is 6.07 Å². The number of rotatable bonds is 7. The number of halogens is 7. The fraction of sp³-hybridized carbons (Fsp3) is 0.250. The third kappa shape index (κ3) is 12.5. The Labute approximate surface area is 261 Å². The monoisotopic (exact) mass is 688 g/mol. The molecule has 4 aromatic heterocycles. The van der Waals surface area contributed by atoms with Crippen LogP contribution in [0.1, 0.15) is 30.7 Å². The van der Waals surface area contributed by atoms with Gasteiger partial charge in [-0.1, -0.05) is 0 Å². The van der Waals surface area contributed by atoms with E-state index in [-0.39, 0.29) is 22.2 Å². The first-order chi connectivity index (χ1) is 19.1. The quantitative estimate of drug-likeness (QED) is 0.200. The molecule has 42 heavy (non-hydrogen) atoms. The van der Waals surface area contributed by atoms with Gasteiger partial charge in [-0.3, -0.25) is 14.8 Å². The normalized spacial score (nSPS) is 10.8. The van der Waals surface area contributed by atoms with Gasteiger partial charge >= 0.3 is 16.7 Å². The molecule has 4 heterocycles. The van der Waals surface area contributed by atoms with E-state index in [0.29, 0.717) is 21.4 Å². The predicted octanol–water partition coefficient (Wildman–Crippen LogP) is 2.35. The summed E-state index contributed by atoms with van der Waals surface area (Å²) in [7, 11) is 0. The lowest BCUT2D eigenvalue weighted by Gasteiger charge is -2.08. The highest BCUT2D eigenvalue weighted by Gasteiger charge is 2.27. The number of carboxylic acid groups (broad SMARTS) is 1. The summed E-state index contributed by atoms with van der Waals surface area (Å²) in [5.74, 6) is -1.55. The molecule has 1 amide bonds. The SMILES string of the molecule is Cc1nc(-c2cccnc2)sc1C(=O)NCC(F)(F)Cl.Cc1nc(-c2cccnc2)sc1C(=O)O.[Cl-].[NH3+]CC(F)(F)Cl. The van der Waals surface area contributed by atoms with Crippen molar-refractivity contribution in [2.24, 2.45) is 0 Å². The number of amides is 1. The van der Waals surface area contributed by atoms with Gasteiger partial charge in [0.25, 0.3) is 5.91 Å². The van der Waals surface area contributed by atoms with E-state index in [2.05, 4.69) is 42.6 Å². The molecular weight excluding hydrogens is 667 g/mol. The van der Waals surface area contributed by atoms with Crippen molar-refractivity contribution >= 4 is 57.8 Å². The van der Waals surface area contributed by atoms with Crippen LogP contribution >= 0.6 is 45.9 Å². The molecule has 0 spiro atoms. The number of alkyl halides is 6. The third-order valence-electron chi connectivity index (χ3n) is 4.54. The molecule has 0 aliphatic rings. The maximum atomic E-state index is 12.5. The summed E-state index contributed by atoms with van der Waals surface area (Å²) in [6.07, 6.45) is 6.58. The maximum Gasteiger partial charge on any atom is 0.369 e. The number of nitrogens with one attached hydrogen (secondary N) is 1. The van der Waals surface area contributed by atoms with E-state index in [1.165, 1.54) is 11.3 Å². The Kier molecular flexibility index (Phi) is 14.7. The fourth-order valence-corrected chi connectivity index (χ4v) is 4.62. The molecule has 0 bridgehead atoms. The van der Waals surface area contributed by atoms with Gasteiger partial charge in [0.15, 0.2) is 6.54 Å². The number of hydrogen-bond acceptors (Lipinski definition) is 8. The zero-order valence-electron chi connectivity index (χ0n) is 21.8. The van der Waals surface area contributed by atoms with Crippen LogP contribution in [-0.2, 0) is 0 Å². The van der Waals surface area contributed by atoms with Crippen molar-refractivity contribution in [3.8, 4) is 21.1 Å². The standard InChI is InChI=1S/C12H10ClF2N3OS.C10H8N2O2S.C2H4ClF2N.ClH/c1-7-9(10(19)17-6-12(13,14)15)20-11(18-7)8-3-2-4-16-5-8;1-6-8(10(13)14)15-9(12-6)7-3-2-4-11-5-7;3-2(4,5)1-6;/h2-5H,6H2,1H3,(H,17,19);2-5H,1H3,(H,13,14);1,6H2;1H. The van der Waals surface area contributed by atoms with E-state index in [4.69, 9.17) is 16.7 Å². The highest BCUT2D eigenvalue weighted by molar-refractivity contribution is 7.17. The van der Waals surface area contributed by atoms with Gasteiger partial charge in [-0.05, 0) is 61.3 Å². The van der Waals surface area contributed by atoms with Crippen molar-refractivity contribution in [1.82, 2.24) is 25.3 Å². The number of nitrogens with zero attached hydrogens (tertiary/aromatic N) is 4. The average molecular weight is 690 g/mol. The number of carbonyl (C=O) groups is 2. The largest absolute Gasteiger partial charge is 1.00 e. The minimum Gasteiger partial charge on any atom is -1.00 e. The van der Waals surface area contributed by atoms with Crippen LogP contribution < -0.4 is 23.5 Å². The first kappa shape index (κ1) is 37.1. The summed E-state index contributed by atoms with van der Waals surface area (Å²) in [5, 5.41) is 5.71. The highest BCUT2D eigenvalue weighted by atomic mass is 35.5. The molecule has 0 saturated heterocycles. The number of carboxylic acids is 1. The molecule has 0 aromatic carbocycles. The van der Waals surface area contributed by atoms with Crippen LogP contribution in [0.15, 0.2) is 49.1 Å². The number of aryl methyl sites for hydroxylation is 2. The van der Waals surface area contributed by atoms with Crippen LogP contribution in [0.5, 0.6) is 0 Å². The lowest BCUT2D eigenvalue weighted by molar-refractivity contribution is -0.394. The van der Waals surface area contributed by atoms with Crippen molar-refractivity contribution in [3.63, 3.8) is 0 Å². The van der Waals surface area contributed by atoms with Crippen molar-refractivity contribution in [2.75, 3.05) is 13.1 Å². The molecule has 4 aromatic rings. The van der Waals surface area contributed by atoms with Crippen LogP contribution in [0.2, 0.25) is 0 Å². The van der Waals surface area contributed by atoms with E-state index in [9.17, 15) is 27.2 Å². The Morgan fingerprint density at radius 1 is 0.905 bits per heavy atom. The molecule has 9 nitrogen and oxygen atoms in total. The molecule has 0 fully saturated rings. The smallest absolute Gasteiger partial charge is 0.369 e. The molecule has 4 rings (SSSR count). The second-order valence-electron chi connectivity index (χ2n) is 7.82. The Balaban J connectivity index is 0.000000354. The Bertz CT molecular complexity index is 1440. The van der Waals surface area contributed by atoms with Crippen LogP contribution in [0, 0.1) is 13.8 Å². The number of aromatic nitrogens is 4. The van der Waals surface area contributed by atoms with Gasteiger partial charge in [-0.15, -0.1) is 22.7 Å². The molecule has 18 heteroatoms. The highest BCUT2D eigenvalue weighted by Crippen LogP contribution is 2.28. The summed E-state index contributed by atoms with van der Waals surface area (Å²) in [4.78, 5) is 39.6. The number of quaternary nitrogens is 1. The summed E-state index contributed by atoms with van der Waals surface area (Å²) >= 11 is 11.3. The number of hydrogen-bond donors (Lipinski definition) is 3. The van der Waals surface area contributed by atoms with Crippen molar-refractivity contribution in [1.29, 1.82) is 0 Å². The molecule has 0 radical (unpaired) electrons. The molecule has 0 atom stereocenters. The summed E-state index contributed by atoms with van der Waals surface area (Å²) in [6.45, 7) is 1.87. The zero-order valence-corrected chi connectivity index (χ0v) is 25.7. The van der Waals surface area contributed by atoms with E-state index < -0.39 is 35.7 Å². The van der Waals surface area contributed by atoms with Crippen LogP contribution in [0.3, 0.4) is 0 Å². The van der Waals surface area contributed by atoms with Gasteiger partial charge in [0, 0.05) is 35.9 Å². The van der Waals surface area contributed by atoms with Crippen molar-refractivity contribution < 1.29 is 50.4 Å². The minimum absolute atomic E-state index is 0.